The summed E-state index contributed by atoms with van der Waals surface area (Å²) in [5.41, 5.74) is 6.37. The lowest BCUT2D eigenvalue weighted by Gasteiger charge is -2.36. The van der Waals surface area contributed by atoms with E-state index in [-0.39, 0.29) is 24.4 Å². The normalized spacial score (nSPS) is 36.6. The number of nitrogens with two attached hydrogens (primary N) is 1. The molecule has 0 amide bonds. The fourth-order valence-electron chi connectivity index (χ4n) is 3.57. The number of hydrogen-bond donors (Lipinski definition) is 1. The molecule has 1 saturated heterocycles. The Morgan fingerprint density at radius 3 is 2.47 bits per heavy atom. The fraction of sp³-hybridized carbons (Fsp3) is 1.00. The van der Waals surface area contributed by atoms with E-state index in [2.05, 4.69) is 13.8 Å². The maximum absolute atomic E-state index is 12.8. The summed E-state index contributed by atoms with van der Waals surface area (Å²) in [7, 11) is 0. The lowest BCUT2D eigenvalue weighted by atomic mass is 9.85. The molecular formula is C14H25F3N2. The predicted octanol–water partition coefficient (Wildman–Crippen LogP) is 3.02. The molecule has 1 aliphatic heterocycles. The lowest BCUT2D eigenvalue weighted by molar-refractivity contribution is -0.187. The Balaban J connectivity index is 1.90. The number of piperidine rings is 1. The Morgan fingerprint density at radius 1 is 1.26 bits per heavy atom. The van der Waals surface area contributed by atoms with Gasteiger partial charge in [0, 0.05) is 19.1 Å². The third-order valence-corrected chi connectivity index (χ3v) is 5.03. The smallest absolute Gasteiger partial charge is 0.327 e. The SMILES string of the molecule is CC1(C)CCC(CN2CCCC(C(F)(F)F)C2)C1N. The van der Waals surface area contributed by atoms with Crippen molar-refractivity contribution < 1.29 is 13.2 Å². The lowest BCUT2D eigenvalue weighted by Crippen LogP contribution is -2.47. The number of alkyl halides is 3. The van der Waals surface area contributed by atoms with Crippen molar-refractivity contribution in [3.63, 3.8) is 0 Å². The van der Waals surface area contributed by atoms with Crippen LogP contribution in [0.15, 0.2) is 0 Å². The minimum Gasteiger partial charge on any atom is -0.327 e. The van der Waals surface area contributed by atoms with Crippen molar-refractivity contribution in [3.8, 4) is 0 Å². The van der Waals surface area contributed by atoms with Crippen molar-refractivity contribution in [2.24, 2.45) is 23.0 Å². The molecule has 19 heavy (non-hydrogen) atoms. The van der Waals surface area contributed by atoms with Crippen LogP contribution in [0.1, 0.15) is 39.5 Å². The molecule has 3 unspecified atom stereocenters. The zero-order valence-electron chi connectivity index (χ0n) is 11.8. The third kappa shape index (κ3) is 3.43. The summed E-state index contributed by atoms with van der Waals surface area (Å²) >= 11 is 0. The first-order chi connectivity index (χ1) is 8.70. The van der Waals surface area contributed by atoms with Gasteiger partial charge >= 0.3 is 6.18 Å². The molecule has 2 nitrogen and oxygen atoms in total. The average molecular weight is 278 g/mol. The maximum Gasteiger partial charge on any atom is 0.393 e. The predicted molar refractivity (Wildman–Crippen MR) is 69.7 cm³/mol. The Bertz CT molecular complexity index is 314. The van der Waals surface area contributed by atoms with Crippen molar-refractivity contribution in [3.05, 3.63) is 0 Å². The fourth-order valence-corrected chi connectivity index (χ4v) is 3.57. The van der Waals surface area contributed by atoms with Gasteiger partial charge in [-0.15, -0.1) is 0 Å². The van der Waals surface area contributed by atoms with E-state index in [0.29, 0.717) is 12.3 Å². The van der Waals surface area contributed by atoms with E-state index in [1.807, 2.05) is 4.90 Å². The summed E-state index contributed by atoms with van der Waals surface area (Å²) in [6, 6.07) is 0.110. The van der Waals surface area contributed by atoms with Crippen LogP contribution in [0.5, 0.6) is 0 Å². The van der Waals surface area contributed by atoms with Crippen LogP contribution in [0.2, 0.25) is 0 Å². The van der Waals surface area contributed by atoms with Gasteiger partial charge < -0.3 is 10.6 Å². The van der Waals surface area contributed by atoms with Crippen LogP contribution in [0.25, 0.3) is 0 Å². The van der Waals surface area contributed by atoms with E-state index in [1.165, 1.54) is 0 Å². The molecule has 2 N–H and O–H groups in total. The standard InChI is InChI=1S/C14H25F3N2/c1-13(2)6-5-10(12(13)18)8-19-7-3-4-11(9-19)14(15,16)17/h10-12H,3-9,18H2,1-2H3. The molecule has 0 aromatic carbocycles. The van der Waals surface area contributed by atoms with E-state index in [4.69, 9.17) is 5.73 Å². The summed E-state index contributed by atoms with van der Waals surface area (Å²) in [6.07, 6.45) is -0.996. The summed E-state index contributed by atoms with van der Waals surface area (Å²) in [6.45, 7) is 6.00. The molecule has 2 rings (SSSR count). The van der Waals surface area contributed by atoms with Crippen molar-refractivity contribution in [1.29, 1.82) is 0 Å². The second-order valence-electron chi connectivity index (χ2n) is 6.95. The number of hydrogen-bond acceptors (Lipinski definition) is 2. The summed E-state index contributed by atoms with van der Waals surface area (Å²) in [5, 5.41) is 0. The molecule has 0 spiro atoms. The first-order valence-corrected chi connectivity index (χ1v) is 7.25. The van der Waals surface area contributed by atoms with Crippen LogP contribution < -0.4 is 5.73 Å². The molecule has 0 aromatic rings. The molecule has 3 atom stereocenters. The number of likely N-dealkylation sites (tertiary alicyclic amines) is 1. The van der Waals surface area contributed by atoms with Gasteiger partial charge in [-0.1, -0.05) is 13.8 Å². The van der Waals surface area contributed by atoms with E-state index < -0.39 is 12.1 Å². The highest BCUT2D eigenvalue weighted by Gasteiger charge is 2.44. The topological polar surface area (TPSA) is 29.3 Å². The highest BCUT2D eigenvalue weighted by atomic mass is 19.4. The van der Waals surface area contributed by atoms with Crippen LogP contribution in [-0.4, -0.2) is 36.8 Å². The van der Waals surface area contributed by atoms with E-state index in [9.17, 15) is 13.2 Å². The van der Waals surface area contributed by atoms with E-state index in [0.717, 1.165) is 25.9 Å². The van der Waals surface area contributed by atoms with Gasteiger partial charge in [-0.05, 0) is 43.6 Å². The summed E-state index contributed by atoms with van der Waals surface area (Å²) < 4.78 is 38.3. The molecule has 1 heterocycles. The molecule has 2 aliphatic rings. The maximum atomic E-state index is 12.8. The molecule has 0 aromatic heterocycles. The average Bonchev–Trinajstić information content (AvgIpc) is 2.56. The Hall–Kier alpha value is -0.290. The molecule has 1 aliphatic carbocycles. The van der Waals surface area contributed by atoms with E-state index >= 15 is 0 Å². The zero-order valence-corrected chi connectivity index (χ0v) is 11.8. The van der Waals surface area contributed by atoms with Gasteiger partial charge in [-0.2, -0.15) is 13.2 Å². The molecule has 2 fully saturated rings. The van der Waals surface area contributed by atoms with Crippen molar-refractivity contribution in [2.45, 2.75) is 51.7 Å². The van der Waals surface area contributed by atoms with E-state index in [1.54, 1.807) is 0 Å². The molecule has 0 bridgehead atoms. The third-order valence-electron chi connectivity index (χ3n) is 5.03. The Kier molecular flexibility index (Phi) is 4.17. The highest BCUT2D eigenvalue weighted by Crippen LogP contribution is 2.41. The summed E-state index contributed by atoms with van der Waals surface area (Å²) in [5.74, 6) is -0.797. The number of halogens is 3. The van der Waals surface area contributed by atoms with Gasteiger partial charge in [-0.3, -0.25) is 0 Å². The van der Waals surface area contributed by atoms with Crippen LogP contribution in [0.3, 0.4) is 0 Å². The first kappa shape index (κ1) is 15.1. The van der Waals surface area contributed by atoms with Crippen molar-refractivity contribution >= 4 is 0 Å². The Morgan fingerprint density at radius 2 is 1.95 bits per heavy atom. The van der Waals surface area contributed by atoms with Crippen LogP contribution in [0, 0.1) is 17.3 Å². The van der Waals surface area contributed by atoms with Gasteiger partial charge in [0.2, 0.25) is 0 Å². The minimum absolute atomic E-state index is 0.110. The van der Waals surface area contributed by atoms with Gasteiger partial charge in [0.15, 0.2) is 0 Å². The summed E-state index contributed by atoms with van der Waals surface area (Å²) in [4.78, 5) is 1.98. The second-order valence-corrected chi connectivity index (χ2v) is 6.95. The van der Waals surface area contributed by atoms with Crippen LogP contribution >= 0.6 is 0 Å². The molecule has 0 radical (unpaired) electrons. The number of rotatable bonds is 2. The molecule has 1 saturated carbocycles. The van der Waals surface area contributed by atoms with Crippen molar-refractivity contribution in [1.82, 2.24) is 4.90 Å². The second kappa shape index (κ2) is 5.24. The van der Waals surface area contributed by atoms with Crippen LogP contribution in [0.4, 0.5) is 13.2 Å². The molecule has 5 heteroatoms. The van der Waals surface area contributed by atoms with Gasteiger partial charge in [0.1, 0.15) is 0 Å². The quantitative estimate of drug-likeness (QED) is 0.841. The van der Waals surface area contributed by atoms with Crippen LogP contribution in [-0.2, 0) is 0 Å². The first-order valence-electron chi connectivity index (χ1n) is 7.25. The Labute approximate surface area is 113 Å². The van der Waals surface area contributed by atoms with Crippen molar-refractivity contribution in [2.75, 3.05) is 19.6 Å². The van der Waals surface area contributed by atoms with Gasteiger partial charge in [-0.25, -0.2) is 0 Å². The number of nitrogens with zero attached hydrogens (tertiary/aromatic N) is 1. The molecule has 112 valence electrons. The molecular weight excluding hydrogens is 253 g/mol. The zero-order chi connectivity index (χ0) is 14.3. The van der Waals surface area contributed by atoms with Gasteiger partial charge in [0.25, 0.3) is 0 Å². The monoisotopic (exact) mass is 278 g/mol. The highest BCUT2D eigenvalue weighted by molar-refractivity contribution is 4.95. The van der Waals surface area contributed by atoms with Gasteiger partial charge in [0.05, 0.1) is 5.92 Å². The minimum atomic E-state index is -4.05. The largest absolute Gasteiger partial charge is 0.393 e.